The van der Waals surface area contributed by atoms with Crippen LogP contribution < -0.4 is 5.32 Å². The number of carbonyl (C=O) groups excluding carboxylic acids is 1. The van der Waals surface area contributed by atoms with Gasteiger partial charge >= 0.3 is 5.97 Å². The van der Waals surface area contributed by atoms with Crippen molar-refractivity contribution in [3.63, 3.8) is 0 Å². The average Bonchev–Trinajstić information content (AvgIpc) is 2.36. The summed E-state index contributed by atoms with van der Waals surface area (Å²) in [5.41, 5.74) is 1.82. The van der Waals surface area contributed by atoms with Gasteiger partial charge in [-0.3, -0.25) is 9.69 Å². The molecular weight excluding hydrogens is 268 g/mol. The standard InChI is InChI=1S/C16H22N2O3/c1-12(2)17-15(19)11-18(3)10-14-7-5-4-6-13(14)8-9-16(20)21/h4-9,12H,10-11H2,1-3H3,(H,17,19)(H,20,21). The smallest absolute Gasteiger partial charge is 0.328 e. The molecule has 0 spiro atoms. The number of amides is 1. The first kappa shape index (κ1) is 16.9. The Balaban J connectivity index is 2.69. The molecule has 0 aliphatic carbocycles. The third-order valence-electron chi connectivity index (χ3n) is 2.76. The summed E-state index contributed by atoms with van der Waals surface area (Å²) in [6.07, 6.45) is 2.68. The van der Waals surface area contributed by atoms with Crippen molar-refractivity contribution in [1.82, 2.24) is 10.2 Å². The highest BCUT2D eigenvalue weighted by molar-refractivity contribution is 5.85. The van der Waals surface area contributed by atoms with Crippen LogP contribution in [0.5, 0.6) is 0 Å². The van der Waals surface area contributed by atoms with Crippen LogP contribution in [0.15, 0.2) is 30.3 Å². The van der Waals surface area contributed by atoms with E-state index in [4.69, 9.17) is 5.11 Å². The molecule has 0 unspecified atom stereocenters. The van der Waals surface area contributed by atoms with Gasteiger partial charge in [0.25, 0.3) is 0 Å². The molecule has 114 valence electrons. The highest BCUT2D eigenvalue weighted by Crippen LogP contribution is 2.12. The molecule has 1 rings (SSSR count). The lowest BCUT2D eigenvalue weighted by Crippen LogP contribution is -2.38. The van der Waals surface area contributed by atoms with Gasteiger partial charge in [-0.05, 0) is 38.1 Å². The van der Waals surface area contributed by atoms with E-state index < -0.39 is 5.97 Å². The van der Waals surface area contributed by atoms with Crippen LogP contribution in [0.3, 0.4) is 0 Å². The van der Waals surface area contributed by atoms with E-state index in [-0.39, 0.29) is 11.9 Å². The zero-order chi connectivity index (χ0) is 15.8. The minimum atomic E-state index is -0.977. The van der Waals surface area contributed by atoms with Crippen molar-refractivity contribution in [3.8, 4) is 0 Å². The van der Waals surface area contributed by atoms with Crippen molar-refractivity contribution >= 4 is 18.0 Å². The Labute approximate surface area is 125 Å². The van der Waals surface area contributed by atoms with Gasteiger partial charge in [-0.15, -0.1) is 0 Å². The molecule has 5 nitrogen and oxygen atoms in total. The van der Waals surface area contributed by atoms with Gasteiger partial charge in [-0.2, -0.15) is 0 Å². The normalized spacial score (nSPS) is 11.3. The Hall–Kier alpha value is -2.14. The van der Waals surface area contributed by atoms with E-state index in [1.54, 1.807) is 6.08 Å². The van der Waals surface area contributed by atoms with Gasteiger partial charge in [0.2, 0.25) is 5.91 Å². The molecule has 0 bridgehead atoms. The summed E-state index contributed by atoms with van der Waals surface area (Å²) in [6, 6.07) is 7.66. The summed E-state index contributed by atoms with van der Waals surface area (Å²) >= 11 is 0. The molecule has 0 saturated heterocycles. The maximum absolute atomic E-state index is 11.7. The molecule has 2 N–H and O–H groups in total. The first-order valence-corrected chi connectivity index (χ1v) is 6.85. The number of aliphatic carboxylic acids is 1. The average molecular weight is 290 g/mol. The zero-order valence-electron chi connectivity index (χ0n) is 12.7. The van der Waals surface area contributed by atoms with Gasteiger partial charge in [-0.1, -0.05) is 24.3 Å². The lowest BCUT2D eigenvalue weighted by atomic mass is 10.1. The summed E-state index contributed by atoms with van der Waals surface area (Å²) in [7, 11) is 1.86. The topological polar surface area (TPSA) is 69.6 Å². The number of nitrogens with one attached hydrogen (secondary N) is 1. The van der Waals surface area contributed by atoms with Crippen LogP contribution >= 0.6 is 0 Å². The second kappa shape index (κ2) is 8.21. The second-order valence-electron chi connectivity index (χ2n) is 5.26. The third-order valence-corrected chi connectivity index (χ3v) is 2.76. The molecule has 1 aromatic rings. The highest BCUT2D eigenvalue weighted by Gasteiger charge is 2.09. The lowest BCUT2D eigenvalue weighted by Gasteiger charge is -2.18. The van der Waals surface area contributed by atoms with Crippen LogP contribution in [0.4, 0.5) is 0 Å². The fourth-order valence-corrected chi connectivity index (χ4v) is 1.96. The number of benzene rings is 1. The minimum absolute atomic E-state index is 0.0222. The molecule has 0 fully saturated rings. The van der Waals surface area contributed by atoms with Crippen LogP contribution in [0.25, 0.3) is 6.08 Å². The molecule has 21 heavy (non-hydrogen) atoms. The van der Waals surface area contributed by atoms with Gasteiger partial charge in [0.05, 0.1) is 6.54 Å². The van der Waals surface area contributed by atoms with Crippen molar-refractivity contribution in [1.29, 1.82) is 0 Å². The van der Waals surface area contributed by atoms with E-state index >= 15 is 0 Å². The molecule has 5 heteroatoms. The number of carboxylic acids is 1. The summed E-state index contributed by atoms with van der Waals surface area (Å²) in [4.78, 5) is 24.2. The van der Waals surface area contributed by atoms with Crippen molar-refractivity contribution in [2.75, 3.05) is 13.6 Å². The van der Waals surface area contributed by atoms with Crippen molar-refractivity contribution in [3.05, 3.63) is 41.5 Å². The predicted molar refractivity (Wildman–Crippen MR) is 82.7 cm³/mol. The molecule has 0 aliphatic heterocycles. The Morgan fingerprint density at radius 2 is 2.00 bits per heavy atom. The molecule has 1 amide bonds. The fourth-order valence-electron chi connectivity index (χ4n) is 1.96. The molecule has 0 saturated carbocycles. The number of hydrogen-bond donors (Lipinski definition) is 2. The van der Waals surface area contributed by atoms with E-state index in [9.17, 15) is 9.59 Å². The highest BCUT2D eigenvalue weighted by atomic mass is 16.4. The van der Waals surface area contributed by atoms with Crippen LogP contribution in [0, 0.1) is 0 Å². The van der Waals surface area contributed by atoms with Gasteiger partial charge in [0.15, 0.2) is 0 Å². The monoisotopic (exact) mass is 290 g/mol. The van der Waals surface area contributed by atoms with E-state index in [1.807, 2.05) is 50.1 Å². The maximum Gasteiger partial charge on any atom is 0.328 e. The predicted octanol–water partition coefficient (Wildman–Crippen LogP) is 1.74. The Morgan fingerprint density at radius 3 is 2.62 bits per heavy atom. The molecule has 0 aliphatic rings. The number of nitrogens with zero attached hydrogens (tertiary/aromatic N) is 1. The quantitative estimate of drug-likeness (QED) is 0.751. The lowest BCUT2D eigenvalue weighted by molar-refractivity contribution is -0.131. The zero-order valence-corrected chi connectivity index (χ0v) is 12.7. The van der Waals surface area contributed by atoms with Crippen molar-refractivity contribution in [2.45, 2.75) is 26.4 Å². The van der Waals surface area contributed by atoms with E-state index in [1.165, 1.54) is 0 Å². The summed E-state index contributed by atoms with van der Waals surface area (Å²) < 4.78 is 0. The number of rotatable bonds is 7. The Bertz CT molecular complexity index is 524. The molecule has 1 aromatic carbocycles. The Kier molecular flexibility index (Phi) is 6.62. The number of carbonyl (C=O) groups is 2. The molecular formula is C16H22N2O3. The van der Waals surface area contributed by atoms with Crippen molar-refractivity contribution < 1.29 is 14.7 Å². The van der Waals surface area contributed by atoms with Crippen LogP contribution in [0.1, 0.15) is 25.0 Å². The van der Waals surface area contributed by atoms with Gasteiger partial charge < -0.3 is 10.4 Å². The minimum Gasteiger partial charge on any atom is -0.478 e. The van der Waals surface area contributed by atoms with E-state index in [0.29, 0.717) is 13.1 Å². The molecule has 0 atom stereocenters. The van der Waals surface area contributed by atoms with Gasteiger partial charge in [-0.25, -0.2) is 4.79 Å². The van der Waals surface area contributed by atoms with Crippen LogP contribution in [0.2, 0.25) is 0 Å². The number of likely N-dealkylation sites (N-methyl/N-ethyl adjacent to an activating group) is 1. The number of hydrogen-bond acceptors (Lipinski definition) is 3. The van der Waals surface area contributed by atoms with E-state index in [2.05, 4.69) is 5.32 Å². The second-order valence-corrected chi connectivity index (χ2v) is 5.26. The maximum atomic E-state index is 11.7. The molecule has 0 aromatic heterocycles. The fraction of sp³-hybridized carbons (Fsp3) is 0.375. The molecule has 0 heterocycles. The first-order valence-electron chi connectivity index (χ1n) is 6.85. The SMILES string of the molecule is CC(C)NC(=O)CN(C)Cc1ccccc1C=CC(=O)O. The van der Waals surface area contributed by atoms with Crippen molar-refractivity contribution in [2.24, 2.45) is 0 Å². The van der Waals surface area contributed by atoms with E-state index in [0.717, 1.165) is 17.2 Å². The summed E-state index contributed by atoms with van der Waals surface area (Å²) in [5, 5.41) is 11.5. The summed E-state index contributed by atoms with van der Waals surface area (Å²) in [5.74, 6) is -1.000. The third kappa shape index (κ3) is 6.72. The summed E-state index contributed by atoms with van der Waals surface area (Å²) in [6.45, 7) is 4.72. The first-order chi connectivity index (χ1) is 9.88. The largest absolute Gasteiger partial charge is 0.478 e. The number of carboxylic acid groups (broad SMARTS) is 1. The van der Waals surface area contributed by atoms with Gasteiger partial charge in [0.1, 0.15) is 0 Å². The van der Waals surface area contributed by atoms with Crippen LogP contribution in [-0.4, -0.2) is 41.5 Å². The van der Waals surface area contributed by atoms with Gasteiger partial charge in [0, 0.05) is 18.7 Å². The van der Waals surface area contributed by atoms with Crippen LogP contribution in [-0.2, 0) is 16.1 Å². The Morgan fingerprint density at radius 1 is 1.33 bits per heavy atom. The molecule has 0 radical (unpaired) electrons.